The van der Waals surface area contributed by atoms with Crippen LogP contribution in [0.1, 0.15) is 29.8 Å². The molecule has 0 fully saturated rings. The highest BCUT2D eigenvalue weighted by atomic mass is 16.1. The average Bonchev–Trinajstić information content (AvgIpc) is 2.27. The Balaban J connectivity index is 2.89. The highest BCUT2D eigenvalue weighted by molar-refractivity contribution is 5.98. The Morgan fingerprint density at radius 3 is 2.27 bits per heavy atom. The predicted molar refractivity (Wildman–Crippen MR) is 58.3 cm³/mol. The number of benzene rings is 1. The third kappa shape index (κ3) is 2.64. The van der Waals surface area contributed by atoms with Crippen LogP contribution in [0.4, 0.5) is 0 Å². The van der Waals surface area contributed by atoms with Crippen LogP contribution in [0.25, 0.3) is 0 Å². The van der Waals surface area contributed by atoms with Crippen LogP contribution in [-0.2, 0) is 0 Å². The summed E-state index contributed by atoms with van der Waals surface area (Å²) in [6.07, 6.45) is 0. The molecule has 3 heteroatoms. The van der Waals surface area contributed by atoms with Crippen molar-refractivity contribution in [1.82, 2.24) is 0 Å². The van der Waals surface area contributed by atoms with Gasteiger partial charge >= 0.3 is 0 Å². The molecule has 3 nitrogen and oxygen atoms in total. The van der Waals surface area contributed by atoms with E-state index in [-0.39, 0.29) is 17.7 Å². The van der Waals surface area contributed by atoms with Gasteiger partial charge in [0, 0.05) is 17.5 Å². The van der Waals surface area contributed by atoms with Gasteiger partial charge < -0.3 is 5.73 Å². The van der Waals surface area contributed by atoms with Crippen molar-refractivity contribution in [2.45, 2.75) is 19.9 Å². The van der Waals surface area contributed by atoms with E-state index in [1.54, 1.807) is 24.3 Å². The number of nitrogens with two attached hydrogens (primary N) is 1. The normalized spacial score (nSPS) is 14.0. The molecule has 0 amide bonds. The van der Waals surface area contributed by atoms with E-state index in [0.29, 0.717) is 11.1 Å². The molecule has 0 aromatic heterocycles. The third-order valence-corrected chi connectivity index (χ3v) is 2.50. The number of hydrogen-bond acceptors (Lipinski definition) is 3. The Kier molecular flexibility index (Phi) is 3.59. The molecule has 78 valence electrons. The number of carbonyl (C=O) groups excluding carboxylic acids is 1. The van der Waals surface area contributed by atoms with E-state index < -0.39 is 0 Å². The summed E-state index contributed by atoms with van der Waals surface area (Å²) in [7, 11) is 0. The van der Waals surface area contributed by atoms with E-state index in [4.69, 9.17) is 11.0 Å². The maximum atomic E-state index is 11.8. The first kappa shape index (κ1) is 11.4. The molecular formula is C12H14N2O. The van der Waals surface area contributed by atoms with Gasteiger partial charge in [-0.15, -0.1) is 0 Å². The van der Waals surface area contributed by atoms with Gasteiger partial charge in [0.05, 0.1) is 11.6 Å². The number of rotatable bonds is 3. The molecule has 0 aliphatic carbocycles. The largest absolute Gasteiger partial charge is 0.327 e. The average molecular weight is 202 g/mol. The second-order valence-electron chi connectivity index (χ2n) is 3.70. The Hall–Kier alpha value is -1.66. The van der Waals surface area contributed by atoms with E-state index in [2.05, 4.69) is 0 Å². The van der Waals surface area contributed by atoms with Crippen LogP contribution in [0.2, 0.25) is 0 Å². The predicted octanol–water partition coefficient (Wildman–Crippen LogP) is 1.72. The summed E-state index contributed by atoms with van der Waals surface area (Å²) in [4.78, 5) is 11.8. The lowest BCUT2D eigenvalue weighted by Crippen LogP contribution is -2.30. The fraction of sp³-hybridized carbons (Fsp3) is 0.333. The molecule has 0 heterocycles. The molecule has 1 aromatic carbocycles. The summed E-state index contributed by atoms with van der Waals surface area (Å²) in [5.74, 6) is -0.174. The molecule has 0 aliphatic heterocycles. The molecule has 0 saturated heterocycles. The minimum atomic E-state index is -0.196. The lowest BCUT2D eigenvalue weighted by Gasteiger charge is -2.13. The molecule has 2 atom stereocenters. The maximum Gasteiger partial charge on any atom is 0.167 e. The maximum absolute atomic E-state index is 11.8. The van der Waals surface area contributed by atoms with Crippen molar-refractivity contribution < 1.29 is 4.79 Å². The van der Waals surface area contributed by atoms with Crippen LogP contribution >= 0.6 is 0 Å². The molecular weight excluding hydrogens is 188 g/mol. The number of ketones is 1. The summed E-state index contributed by atoms with van der Waals surface area (Å²) in [5.41, 5.74) is 6.82. The van der Waals surface area contributed by atoms with Gasteiger partial charge in [0.25, 0.3) is 0 Å². The first-order valence-corrected chi connectivity index (χ1v) is 4.86. The van der Waals surface area contributed by atoms with Gasteiger partial charge in [0.2, 0.25) is 0 Å². The lowest BCUT2D eigenvalue weighted by molar-refractivity contribution is 0.0917. The molecule has 0 bridgehead atoms. The number of Topliss-reactive ketones (excluding diaryl/α,β-unsaturated/α-hetero) is 1. The van der Waals surface area contributed by atoms with Crippen molar-refractivity contribution in [3.05, 3.63) is 35.4 Å². The van der Waals surface area contributed by atoms with Crippen molar-refractivity contribution in [1.29, 1.82) is 5.26 Å². The molecule has 0 spiro atoms. The minimum Gasteiger partial charge on any atom is -0.327 e. The highest BCUT2D eigenvalue weighted by Gasteiger charge is 2.18. The Bertz CT molecular complexity index is 387. The summed E-state index contributed by atoms with van der Waals surface area (Å²) >= 11 is 0. The van der Waals surface area contributed by atoms with Gasteiger partial charge in [-0.25, -0.2) is 0 Å². The Morgan fingerprint density at radius 1 is 1.33 bits per heavy atom. The van der Waals surface area contributed by atoms with Crippen molar-refractivity contribution in [3.8, 4) is 6.07 Å². The summed E-state index contributed by atoms with van der Waals surface area (Å²) in [6, 6.07) is 8.46. The zero-order valence-electron chi connectivity index (χ0n) is 8.90. The molecule has 2 N–H and O–H groups in total. The van der Waals surface area contributed by atoms with Crippen LogP contribution in [0.15, 0.2) is 24.3 Å². The molecule has 2 unspecified atom stereocenters. The number of hydrogen-bond donors (Lipinski definition) is 1. The number of nitrogens with zero attached hydrogens (tertiary/aromatic N) is 1. The van der Waals surface area contributed by atoms with E-state index in [9.17, 15) is 4.79 Å². The van der Waals surface area contributed by atoms with Crippen LogP contribution in [0, 0.1) is 17.2 Å². The first-order valence-electron chi connectivity index (χ1n) is 4.86. The number of nitriles is 1. The van der Waals surface area contributed by atoms with Crippen molar-refractivity contribution in [3.63, 3.8) is 0 Å². The molecule has 15 heavy (non-hydrogen) atoms. The summed E-state index contributed by atoms with van der Waals surface area (Å²) in [5, 5.41) is 8.61. The van der Waals surface area contributed by atoms with E-state index in [1.165, 1.54) is 0 Å². The third-order valence-electron chi connectivity index (χ3n) is 2.50. The highest BCUT2D eigenvalue weighted by Crippen LogP contribution is 2.12. The molecule has 1 aromatic rings. The SMILES string of the molecule is CC(N)C(C)C(=O)c1ccc(C#N)cc1. The minimum absolute atomic E-state index is 0.0227. The van der Waals surface area contributed by atoms with E-state index in [1.807, 2.05) is 19.9 Å². The van der Waals surface area contributed by atoms with Crippen LogP contribution in [0.3, 0.4) is 0 Å². The Labute approximate surface area is 89.5 Å². The molecule has 0 saturated carbocycles. The molecule has 0 aliphatic rings. The van der Waals surface area contributed by atoms with E-state index in [0.717, 1.165) is 0 Å². The van der Waals surface area contributed by atoms with Gasteiger partial charge in [-0.05, 0) is 19.1 Å². The zero-order chi connectivity index (χ0) is 11.4. The second kappa shape index (κ2) is 4.72. The quantitative estimate of drug-likeness (QED) is 0.759. The lowest BCUT2D eigenvalue weighted by atomic mass is 9.93. The summed E-state index contributed by atoms with van der Waals surface area (Å²) < 4.78 is 0. The Morgan fingerprint density at radius 2 is 1.87 bits per heavy atom. The number of carbonyl (C=O) groups is 1. The standard InChI is InChI=1S/C12H14N2O/c1-8(9(2)14)12(15)11-5-3-10(7-13)4-6-11/h3-6,8-9H,14H2,1-2H3. The van der Waals surface area contributed by atoms with Crippen molar-refractivity contribution >= 4 is 5.78 Å². The molecule has 1 rings (SSSR count). The van der Waals surface area contributed by atoms with Gasteiger partial charge in [-0.2, -0.15) is 5.26 Å². The van der Waals surface area contributed by atoms with Gasteiger partial charge in [-0.3, -0.25) is 4.79 Å². The van der Waals surface area contributed by atoms with Gasteiger partial charge in [0.1, 0.15) is 0 Å². The topological polar surface area (TPSA) is 66.9 Å². The molecule has 0 radical (unpaired) electrons. The van der Waals surface area contributed by atoms with Crippen LogP contribution in [-0.4, -0.2) is 11.8 Å². The van der Waals surface area contributed by atoms with E-state index >= 15 is 0 Å². The van der Waals surface area contributed by atoms with Crippen molar-refractivity contribution in [2.24, 2.45) is 11.7 Å². The first-order chi connectivity index (χ1) is 7.06. The van der Waals surface area contributed by atoms with Crippen LogP contribution in [0.5, 0.6) is 0 Å². The van der Waals surface area contributed by atoms with Gasteiger partial charge in [0.15, 0.2) is 5.78 Å². The second-order valence-corrected chi connectivity index (χ2v) is 3.70. The monoisotopic (exact) mass is 202 g/mol. The fourth-order valence-corrected chi connectivity index (χ4v) is 1.21. The van der Waals surface area contributed by atoms with Gasteiger partial charge in [-0.1, -0.05) is 19.1 Å². The summed E-state index contributed by atoms with van der Waals surface area (Å²) in [6.45, 7) is 3.62. The fourth-order valence-electron chi connectivity index (χ4n) is 1.21. The van der Waals surface area contributed by atoms with Crippen LogP contribution < -0.4 is 5.73 Å². The smallest absolute Gasteiger partial charge is 0.167 e. The van der Waals surface area contributed by atoms with Crippen molar-refractivity contribution in [2.75, 3.05) is 0 Å². The zero-order valence-corrected chi connectivity index (χ0v) is 8.90.